The molecule has 0 spiro atoms. The van der Waals surface area contributed by atoms with Crippen LogP contribution in [0.15, 0.2) is 24.3 Å². The number of piperazine rings is 1. The van der Waals surface area contributed by atoms with E-state index >= 15 is 0 Å². The van der Waals surface area contributed by atoms with Crippen molar-refractivity contribution < 1.29 is 16.8 Å². The molecule has 8 heteroatoms. The standard InChI is InChI=1S/C21H31FN6.ClH/c1-2-20(27-14-12-26(13-15-27)19-6-4-3-5-7-19)21-23-24-25-28(21)16-17-8-10-18(22)11-9-17;/h8-11,19-20H,2-7,12-16H2,1H3;1H/p-1. The van der Waals surface area contributed by atoms with Gasteiger partial charge in [0.05, 0.1) is 12.6 Å². The zero-order valence-electron chi connectivity index (χ0n) is 17.2. The molecule has 4 rings (SSSR count). The van der Waals surface area contributed by atoms with Gasteiger partial charge in [0.25, 0.3) is 0 Å². The van der Waals surface area contributed by atoms with Gasteiger partial charge in [-0.1, -0.05) is 38.3 Å². The second-order valence-corrected chi connectivity index (χ2v) is 8.11. The zero-order valence-corrected chi connectivity index (χ0v) is 17.9. The molecular weight excluding hydrogens is 391 g/mol. The van der Waals surface area contributed by atoms with Crippen molar-refractivity contribution in [3.8, 4) is 0 Å². The largest absolute Gasteiger partial charge is 1.00 e. The minimum atomic E-state index is -0.219. The van der Waals surface area contributed by atoms with Crippen molar-refractivity contribution in [3.05, 3.63) is 41.5 Å². The molecule has 1 aliphatic carbocycles. The molecule has 0 N–H and O–H groups in total. The fourth-order valence-corrected chi connectivity index (χ4v) is 4.79. The van der Waals surface area contributed by atoms with Gasteiger partial charge in [0, 0.05) is 32.2 Å². The first-order chi connectivity index (χ1) is 13.7. The summed E-state index contributed by atoms with van der Waals surface area (Å²) >= 11 is 0. The molecule has 1 aromatic carbocycles. The topological polar surface area (TPSA) is 50.1 Å². The highest BCUT2D eigenvalue weighted by atomic mass is 35.5. The average molecular weight is 422 g/mol. The Labute approximate surface area is 178 Å². The van der Waals surface area contributed by atoms with Crippen LogP contribution in [0.5, 0.6) is 0 Å². The number of rotatable bonds is 6. The first-order valence-electron chi connectivity index (χ1n) is 10.7. The third-order valence-electron chi connectivity index (χ3n) is 6.37. The van der Waals surface area contributed by atoms with Crippen LogP contribution in [0.2, 0.25) is 0 Å². The lowest BCUT2D eigenvalue weighted by atomic mass is 9.93. The van der Waals surface area contributed by atoms with Crippen molar-refractivity contribution in [2.45, 2.75) is 64.1 Å². The Bertz CT molecular complexity index is 738. The van der Waals surface area contributed by atoms with Crippen LogP contribution in [-0.2, 0) is 6.54 Å². The lowest BCUT2D eigenvalue weighted by Gasteiger charge is -2.42. The molecule has 2 aromatic rings. The molecule has 0 bridgehead atoms. The fourth-order valence-electron chi connectivity index (χ4n) is 4.79. The van der Waals surface area contributed by atoms with Crippen molar-refractivity contribution >= 4 is 0 Å². The summed E-state index contributed by atoms with van der Waals surface area (Å²) in [6.07, 6.45) is 7.90. The zero-order chi connectivity index (χ0) is 19.3. The van der Waals surface area contributed by atoms with E-state index in [9.17, 15) is 4.39 Å². The van der Waals surface area contributed by atoms with Gasteiger partial charge in [-0.15, -0.1) is 5.10 Å². The van der Waals surface area contributed by atoms with Crippen LogP contribution >= 0.6 is 0 Å². The Kier molecular flexibility index (Phi) is 7.98. The van der Waals surface area contributed by atoms with E-state index in [1.165, 1.54) is 44.2 Å². The molecule has 1 aromatic heterocycles. The molecule has 29 heavy (non-hydrogen) atoms. The maximum absolute atomic E-state index is 13.2. The van der Waals surface area contributed by atoms with Crippen LogP contribution < -0.4 is 12.4 Å². The molecule has 0 amide bonds. The lowest BCUT2D eigenvalue weighted by molar-refractivity contribution is -0.00000671. The summed E-state index contributed by atoms with van der Waals surface area (Å²) in [5, 5.41) is 12.5. The smallest absolute Gasteiger partial charge is 0.168 e. The van der Waals surface area contributed by atoms with Gasteiger partial charge in [0.1, 0.15) is 5.82 Å². The summed E-state index contributed by atoms with van der Waals surface area (Å²) in [6, 6.07) is 7.58. The molecule has 1 saturated carbocycles. The summed E-state index contributed by atoms with van der Waals surface area (Å²) in [5.74, 6) is 0.695. The third-order valence-corrected chi connectivity index (χ3v) is 6.37. The van der Waals surface area contributed by atoms with E-state index in [2.05, 4.69) is 32.2 Å². The first-order valence-corrected chi connectivity index (χ1v) is 10.7. The van der Waals surface area contributed by atoms with Crippen LogP contribution in [0.4, 0.5) is 4.39 Å². The molecule has 2 aliphatic rings. The van der Waals surface area contributed by atoms with Crippen LogP contribution in [0.25, 0.3) is 0 Å². The van der Waals surface area contributed by atoms with Crippen molar-refractivity contribution in [3.63, 3.8) is 0 Å². The Hall–Kier alpha value is -1.57. The van der Waals surface area contributed by atoms with Crippen LogP contribution in [0.1, 0.15) is 62.9 Å². The molecule has 1 saturated heterocycles. The van der Waals surface area contributed by atoms with Crippen molar-refractivity contribution in [2.75, 3.05) is 26.2 Å². The van der Waals surface area contributed by atoms with Crippen molar-refractivity contribution in [1.29, 1.82) is 0 Å². The molecule has 2 fully saturated rings. The summed E-state index contributed by atoms with van der Waals surface area (Å²) in [6.45, 7) is 7.19. The van der Waals surface area contributed by atoms with Gasteiger partial charge in [0.15, 0.2) is 5.82 Å². The average Bonchev–Trinajstić information content (AvgIpc) is 3.19. The van der Waals surface area contributed by atoms with E-state index in [4.69, 9.17) is 0 Å². The molecule has 160 valence electrons. The van der Waals surface area contributed by atoms with E-state index in [1.807, 2.05) is 4.68 Å². The molecule has 1 aliphatic heterocycles. The third kappa shape index (κ3) is 5.32. The summed E-state index contributed by atoms with van der Waals surface area (Å²) in [5.41, 5.74) is 1.01. The van der Waals surface area contributed by atoms with E-state index in [0.717, 1.165) is 50.0 Å². The fraction of sp³-hybridized carbons (Fsp3) is 0.667. The van der Waals surface area contributed by atoms with E-state index in [0.29, 0.717) is 6.54 Å². The molecule has 1 unspecified atom stereocenters. The van der Waals surface area contributed by atoms with Crippen molar-refractivity contribution in [2.24, 2.45) is 0 Å². The van der Waals surface area contributed by atoms with Gasteiger partial charge < -0.3 is 12.4 Å². The second kappa shape index (κ2) is 10.5. The van der Waals surface area contributed by atoms with E-state index in [1.54, 1.807) is 12.1 Å². The van der Waals surface area contributed by atoms with Crippen molar-refractivity contribution in [1.82, 2.24) is 30.0 Å². The summed E-state index contributed by atoms with van der Waals surface area (Å²) in [7, 11) is 0. The van der Waals surface area contributed by atoms with E-state index in [-0.39, 0.29) is 24.3 Å². The highest BCUT2D eigenvalue weighted by Gasteiger charge is 2.30. The molecule has 6 nitrogen and oxygen atoms in total. The van der Waals surface area contributed by atoms with Gasteiger partial charge in [0.2, 0.25) is 0 Å². The number of benzene rings is 1. The SMILES string of the molecule is CCC(c1nnnn1Cc1ccc(F)cc1)N1CCN(C2CCCCC2)CC1.[Cl-]. The maximum Gasteiger partial charge on any atom is 0.168 e. The Morgan fingerprint density at radius 1 is 1.03 bits per heavy atom. The van der Waals surface area contributed by atoms with Crippen LogP contribution in [-0.4, -0.2) is 62.2 Å². The molecular formula is C21H31ClFN6-. The number of hydrogen-bond acceptors (Lipinski definition) is 5. The minimum absolute atomic E-state index is 0. The van der Waals surface area contributed by atoms with Crippen LogP contribution in [0.3, 0.4) is 0 Å². The minimum Gasteiger partial charge on any atom is -1.00 e. The van der Waals surface area contributed by atoms with Gasteiger partial charge in [-0.25, -0.2) is 9.07 Å². The van der Waals surface area contributed by atoms with E-state index < -0.39 is 0 Å². The predicted molar refractivity (Wildman–Crippen MR) is 106 cm³/mol. The molecule has 1 atom stereocenters. The first kappa shape index (κ1) is 22.1. The number of hydrogen-bond donors (Lipinski definition) is 0. The summed E-state index contributed by atoms with van der Waals surface area (Å²) < 4.78 is 15.0. The monoisotopic (exact) mass is 421 g/mol. The van der Waals surface area contributed by atoms with Gasteiger partial charge in [-0.2, -0.15) is 0 Å². The van der Waals surface area contributed by atoms with Gasteiger partial charge >= 0.3 is 0 Å². The highest BCUT2D eigenvalue weighted by molar-refractivity contribution is 5.16. The second-order valence-electron chi connectivity index (χ2n) is 8.11. The number of aromatic nitrogens is 4. The number of nitrogens with zero attached hydrogens (tertiary/aromatic N) is 6. The number of halogens is 2. The Morgan fingerprint density at radius 3 is 2.38 bits per heavy atom. The van der Waals surface area contributed by atoms with Gasteiger partial charge in [-0.05, 0) is 47.4 Å². The highest BCUT2D eigenvalue weighted by Crippen LogP contribution is 2.27. The Balaban J connectivity index is 0.00000240. The molecule has 0 radical (unpaired) electrons. The maximum atomic E-state index is 13.2. The van der Waals surface area contributed by atoms with Crippen LogP contribution in [0, 0.1) is 5.82 Å². The normalized spacial score (nSPS) is 20.3. The molecule has 2 heterocycles. The number of tetrazole rings is 1. The lowest BCUT2D eigenvalue weighted by Crippen LogP contribution is -3.00. The quantitative estimate of drug-likeness (QED) is 0.670. The summed E-state index contributed by atoms with van der Waals surface area (Å²) in [4.78, 5) is 5.23. The van der Waals surface area contributed by atoms with Gasteiger partial charge in [-0.3, -0.25) is 9.80 Å². The predicted octanol–water partition coefficient (Wildman–Crippen LogP) is 0.266. The Morgan fingerprint density at radius 2 is 1.72 bits per heavy atom.